The number of hydrogen-bond acceptors (Lipinski definition) is 4. The van der Waals surface area contributed by atoms with E-state index in [1.54, 1.807) is 0 Å². The van der Waals surface area contributed by atoms with Crippen LogP contribution in [0.25, 0.3) is 0 Å². The molecule has 1 spiro atoms. The van der Waals surface area contributed by atoms with E-state index in [-0.39, 0.29) is 29.7 Å². The highest BCUT2D eigenvalue weighted by molar-refractivity contribution is 6.05. The molecule has 5 amide bonds. The van der Waals surface area contributed by atoms with Gasteiger partial charge < -0.3 is 15.1 Å². The van der Waals surface area contributed by atoms with Gasteiger partial charge >= 0.3 is 6.03 Å². The Hall–Kier alpha value is -2.90. The molecule has 2 N–H and O–H groups in total. The number of rotatable bonds is 4. The van der Waals surface area contributed by atoms with Gasteiger partial charge in [-0.1, -0.05) is 30.3 Å². The van der Waals surface area contributed by atoms with Crippen LogP contribution in [0, 0.1) is 0 Å². The number of nitrogens with zero attached hydrogens (tertiary/aromatic N) is 2. The smallest absolute Gasteiger partial charge is 0.322 e. The second kappa shape index (κ2) is 6.92. The normalized spacial score (nSPS) is 24.0. The third-order valence-electron chi connectivity index (χ3n) is 6.00. The Labute approximate surface area is 163 Å². The Morgan fingerprint density at radius 3 is 2.50 bits per heavy atom. The monoisotopic (exact) mass is 384 g/mol. The Morgan fingerprint density at radius 1 is 1.18 bits per heavy atom. The van der Waals surface area contributed by atoms with Crippen molar-refractivity contribution in [2.75, 3.05) is 19.6 Å². The topological polar surface area (TPSA) is 98.8 Å². The first-order chi connectivity index (χ1) is 13.4. The summed E-state index contributed by atoms with van der Waals surface area (Å²) in [5.41, 5.74) is 0.666. The van der Waals surface area contributed by atoms with Crippen LogP contribution in [0.1, 0.15) is 37.7 Å². The van der Waals surface area contributed by atoms with Gasteiger partial charge in [0.15, 0.2) is 0 Å². The van der Waals surface area contributed by atoms with Gasteiger partial charge in [0.2, 0.25) is 11.8 Å². The van der Waals surface area contributed by atoms with Gasteiger partial charge in [0, 0.05) is 19.6 Å². The molecule has 1 aliphatic carbocycles. The summed E-state index contributed by atoms with van der Waals surface area (Å²) in [7, 11) is 0. The molecule has 2 atom stereocenters. The maximum absolute atomic E-state index is 13.0. The van der Waals surface area contributed by atoms with Crippen molar-refractivity contribution in [2.24, 2.45) is 0 Å². The summed E-state index contributed by atoms with van der Waals surface area (Å²) in [6, 6.07) is 8.32. The number of imide groups is 1. The lowest BCUT2D eigenvalue weighted by Crippen LogP contribution is -2.59. The Bertz CT molecular complexity index is 821. The number of piperazine rings is 1. The van der Waals surface area contributed by atoms with Crippen molar-refractivity contribution >= 4 is 23.8 Å². The van der Waals surface area contributed by atoms with Crippen LogP contribution in [0.2, 0.25) is 0 Å². The van der Waals surface area contributed by atoms with Crippen molar-refractivity contribution in [3.05, 3.63) is 35.9 Å². The van der Waals surface area contributed by atoms with Crippen LogP contribution in [-0.4, -0.2) is 64.8 Å². The highest BCUT2D eigenvalue weighted by Crippen LogP contribution is 2.45. The van der Waals surface area contributed by atoms with Crippen LogP contribution < -0.4 is 10.6 Å². The molecule has 148 valence electrons. The molecule has 3 fully saturated rings. The van der Waals surface area contributed by atoms with Crippen molar-refractivity contribution in [1.82, 2.24) is 20.4 Å². The predicted molar refractivity (Wildman–Crippen MR) is 100 cm³/mol. The quantitative estimate of drug-likeness (QED) is 0.743. The summed E-state index contributed by atoms with van der Waals surface area (Å²) in [6.45, 7) is 3.37. The number of nitrogens with one attached hydrogen (secondary N) is 2. The summed E-state index contributed by atoms with van der Waals surface area (Å²) in [5.74, 6) is -0.764. The molecule has 0 aromatic heterocycles. The van der Waals surface area contributed by atoms with Gasteiger partial charge in [-0.15, -0.1) is 0 Å². The highest BCUT2D eigenvalue weighted by atomic mass is 16.2. The van der Waals surface area contributed by atoms with Gasteiger partial charge in [-0.2, -0.15) is 0 Å². The fraction of sp³-hybridized carbons (Fsp3) is 0.500. The number of carbonyl (C=O) groups is 4. The number of hydrogen-bond donors (Lipinski definition) is 2. The Morgan fingerprint density at radius 2 is 1.89 bits per heavy atom. The number of benzene rings is 1. The lowest BCUT2D eigenvalue weighted by Gasteiger charge is -2.43. The molecular formula is C20H24N4O4. The van der Waals surface area contributed by atoms with Crippen molar-refractivity contribution in [3.63, 3.8) is 0 Å². The zero-order valence-corrected chi connectivity index (χ0v) is 15.8. The number of amides is 5. The molecule has 8 heteroatoms. The molecule has 3 aliphatic rings. The molecule has 2 unspecified atom stereocenters. The molecule has 2 saturated heterocycles. The molecule has 4 rings (SSSR count). The van der Waals surface area contributed by atoms with Gasteiger partial charge in [-0.05, 0) is 25.3 Å². The van der Waals surface area contributed by atoms with E-state index in [0.717, 1.165) is 18.4 Å². The first-order valence-corrected chi connectivity index (χ1v) is 9.65. The van der Waals surface area contributed by atoms with Crippen molar-refractivity contribution in [3.8, 4) is 0 Å². The van der Waals surface area contributed by atoms with Crippen LogP contribution in [0.5, 0.6) is 0 Å². The van der Waals surface area contributed by atoms with Gasteiger partial charge in [0.05, 0.1) is 17.9 Å². The van der Waals surface area contributed by atoms with E-state index in [1.165, 1.54) is 0 Å². The predicted octanol–water partition coefficient (Wildman–Crippen LogP) is 0.592. The van der Waals surface area contributed by atoms with E-state index >= 15 is 0 Å². The summed E-state index contributed by atoms with van der Waals surface area (Å²) < 4.78 is 0. The van der Waals surface area contributed by atoms with E-state index < -0.39 is 18.0 Å². The van der Waals surface area contributed by atoms with Crippen LogP contribution >= 0.6 is 0 Å². The largest absolute Gasteiger partial charge is 0.338 e. The van der Waals surface area contributed by atoms with Crippen LogP contribution in [0.3, 0.4) is 0 Å². The highest BCUT2D eigenvalue weighted by Gasteiger charge is 2.54. The zero-order valence-electron chi connectivity index (χ0n) is 15.8. The third-order valence-corrected chi connectivity index (χ3v) is 6.00. The Kier molecular flexibility index (Phi) is 4.56. The van der Waals surface area contributed by atoms with E-state index in [1.807, 2.05) is 47.1 Å². The fourth-order valence-electron chi connectivity index (χ4n) is 4.17. The molecule has 2 heterocycles. The summed E-state index contributed by atoms with van der Waals surface area (Å²) in [5, 5.41) is 4.62. The first kappa shape index (κ1) is 18.5. The van der Waals surface area contributed by atoms with E-state index in [4.69, 9.17) is 0 Å². The summed E-state index contributed by atoms with van der Waals surface area (Å²) in [4.78, 5) is 52.4. The van der Waals surface area contributed by atoms with Crippen LogP contribution in [0.4, 0.5) is 4.79 Å². The molecule has 1 aromatic carbocycles. The van der Waals surface area contributed by atoms with Gasteiger partial charge in [0.25, 0.3) is 5.91 Å². The summed E-state index contributed by atoms with van der Waals surface area (Å²) in [6.07, 6.45) is 1.66. The lowest BCUT2D eigenvalue weighted by atomic mass is 9.98. The molecule has 2 aliphatic heterocycles. The molecule has 1 saturated carbocycles. The van der Waals surface area contributed by atoms with Crippen molar-refractivity contribution < 1.29 is 19.2 Å². The second-order valence-corrected chi connectivity index (χ2v) is 7.88. The van der Waals surface area contributed by atoms with E-state index in [0.29, 0.717) is 19.6 Å². The van der Waals surface area contributed by atoms with E-state index in [2.05, 4.69) is 10.6 Å². The van der Waals surface area contributed by atoms with Gasteiger partial charge in [0.1, 0.15) is 6.04 Å². The summed E-state index contributed by atoms with van der Waals surface area (Å²) >= 11 is 0. The molecular weight excluding hydrogens is 360 g/mol. The van der Waals surface area contributed by atoms with Crippen LogP contribution in [0.15, 0.2) is 30.3 Å². The fourth-order valence-corrected chi connectivity index (χ4v) is 4.17. The lowest BCUT2D eigenvalue weighted by molar-refractivity contribution is -0.145. The zero-order chi connectivity index (χ0) is 19.9. The van der Waals surface area contributed by atoms with Gasteiger partial charge in [-0.25, -0.2) is 4.79 Å². The third kappa shape index (κ3) is 3.34. The molecule has 8 nitrogen and oxygen atoms in total. The van der Waals surface area contributed by atoms with E-state index in [9.17, 15) is 19.2 Å². The molecule has 0 radical (unpaired) electrons. The van der Waals surface area contributed by atoms with Crippen LogP contribution in [-0.2, 0) is 14.4 Å². The van der Waals surface area contributed by atoms with Gasteiger partial charge in [-0.3, -0.25) is 19.7 Å². The SMILES string of the molecule is CC(C(=O)N1CCN(C(=O)CC2NC(=O)NC2=O)C2(CC2)C1)c1ccccc1. The maximum atomic E-state index is 13.0. The number of urea groups is 1. The number of carbonyl (C=O) groups excluding carboxylic acids is 4. The minimum absolute atomic E-state index is 0.0479. The molecule has 1 aromatic rings. The second-order valence-electron chi connectivity index (χ2n) is 7.88. The molecule has 28 heavy (non-hydrogen) atoms. The average Bonchev–Trinajstić information content (AvgIpc) is 3.37. The minimum atomic E-state index is -0.812. The van der Waals surface area contributed by atoms with Crippen molar-refractivity contribution in [1.29, 1.82) is 0 Å². The molecule has 0 bridgehead atoms. The first-order valence-electron chi connectivity index (χ1n) is 9.65. The standard InChI is InChI=1S/C20H24N4O4/c1-13(14-5-3-2-4-6-14)18(27)23-9-10-24(20(12-23)7-8-20)16(25)11-15-17(26)22-19(28)21-15/h2-6,13,15H,7-12H2,1H3,(H2,21,22,26,28). The van der Waals surface area contributed by atoms with Crippen molar-refractivity contribution in [2.45, 2.75) is 43.7 Å². The Balaban J connectivity index is 1.40. The maximum Gasteiger partial charge on any atom is 0.322 e. The average molecular weight is 384 g/mol. The minimum Gasteiger partial charge on any atom is -0.338 e.